The number of hydrogen-bond donors (Lipinski definition) is 0. The molecule has 0 N–H and O–H groups in total. The zero-order chi connectivity index (χ0) is 19.3. The summed E-state index contributed by atoms with van der Waals surface area (Å²) in [5.74, 6) is 0.361. The van der Waals surface area contributed by atoms with E-state index in [0.29, 0.717) is 17.9 Å². The van der Waals surface area contributed by atoms with Crippen LogP contribution in [0, 0.1) is 17.8 Å². The van der Waals surface area contributed by atoms with Gasteiger partial charge in [-0.05, 0) is 83.5 Å². The summed E-state index contributed by atoms with van der Waals surface area (Å²) in [5.41, 5.74) is 0.330. The van der Waals surface area contributed by atoms with Gasteiger partial charge in [0.1, 0.15) is 0 Å². The van der Waals surface area contributed by atoms with E-state index in [2.05, 4.69) is 43.0 Å². The van der Waals surface area contributed by atoms with E-state index in [-0.39, 0.29) is 11.0 Å². The van der Waals surface area contributed by atoms with Crippen molar-refractivity contribution in [3.8, 4) is 0 Å². The lowest BCUT2D eigenvalue weighted by molar-refractivity contribution is -0.138. The molecule has 1 amide bonds. The third-order valence-electron chi connectivity index (χ3n) is 7.65. The summed E-state index contributed by atoms with van der Waals surface area (Å²) in [4.78, 5) is 20.6. The molecule has 3 aliphatic rings. The molecule has 0 unspecified atom stereocenters. The average Bonchev–Trinajstić information content (AvgIpc) is 3.11. The van der Waals surface area contributed by atoms with Gasteiger partial charge in [0.2, 0.25) is 5.91 Å². The van der Waals surface area contributed by atoms with E-state index < -0.39 is 0 Å². The highest BCUT2D eigenvalue weighted by Gasteiger charge is 2.55. The smallest absolute Gasteiger partial charge is 0.231 e. The SMILES string of the molecule is COCC1(C(=O)N2CCC3(CCC(c4ccc(C)s4)(N(C)C)CC3)C2)CC1. The standard InChI is InChI=1S/C22H34N2O2S/c1-17-5-6-18(27-17)22(23(2)3)11-7-20(8-12-22)13-14-24(15-20)19(25)21(9-10-21)16-26-4/h5-6H,7-16H2,1-4H3. The fraction of sp³-hybridized carbons (Fsp3) is 0.773. The number of ether oxygens (including phenoxy) is 1. The van der Waals surface area contributed by atoms with Gasteiger partial charge in [-0.2, -0.15) is 0 Å². The van der Waals surface area contributed by atoms with Crippen molar-refractivity contribution in [2.24, 2.45) is 10.8 Å². The Labute approximate surface area is 167 Å². The lowest BCUT2D eigenvalue weighted by Gasteiger charge is -2.48. The summed E-state index contributed by atoms with van der Waals surface area (Å²) in [7, 11) is 6.19. The Morgan fingerprint density at radius 1 is 1.15 bits per heavy atom. The van der Waals surface area contributed by atoms with Gasteiger partial charge in [-0.3, -0.25) is 9.69 Å². The van der Waals surface area contributed by atoms with Crippen LogP contribution >= 0.6 is 11.3 Å². The number of thiophene rings is 1. The van der Waals surface area contributed by atoms with Crippen LogP contribution in [0.2, 0.25) is 0 Å². The minimum atomic E-state index is -0.184. The summed E-state index contributed by atoms with van der Waals surface area (Å²) in [6.07, 6.45) is 8.03. The molecule has 27 heavy (non-hydrogen) atoms. The maximum absolute atomic E-state index is 13.0. The number of carbonyl (C=O) groups is 1. The molecule has 0 bridgehead atoms. The molecule has 0 atom stereocenters. The first-order chi connectivity index (χ1) is 12.8. The molecule has 2 saturated carbocycles. The van der Waals surface area contributed by atoms with Gasteiger partial charge in [0, 0.05) is 30.0 Å². The van der Waals surface area contributed by atoms with E-state index in [1.165, 1.54) is 41.9 Å². The number of methoxy groups -OCH3 is 1. The predicted octanol–water partition coefficient (Wildman–Crippen LogP) is 4.03. The van der Waals surface area contributed by atoms with E-state index in [1.54, 1.807) is 7.11 Å². The molecule has 1 spiro atoms. The largest absolute Gasteiger partial charge is 0.384 e. The summed E-state index contributed by atoms with van der Waals surface area (Å²) in [6.45, 7) is 4.70. The Bertz CT molecular complexity index is 699. The first-order valence-corrected chi connectivity index (χ1v) is 11.2. The maximum atomic E-state index is 13.0. The molecule has 5 heteroatoms. The zero-order valence-electron chi connectivity index (χ0n) is 17.3. The molecular formula is C22H34N2O2S. The first kappa shape index (κ1) is 19.4. The molecule has 150 valence electrons. The minimum absolute atomic E-state index is 0.176. The van der Waals surface area contributed by atoms with Gasteiger partial charge < -0.3 is 9.64 Å². The normalized spacial score (nSPS) is 32.4. The quantitative estimate of drug-likeness (QED) is 0.761. The molecule has 0 radical (unpaired) electrons. The van der Waals surface area contributed by atoms with E-state index in [4.69, 9.17) is 4.74 Å². The third kappa shape index (κ3) is 3.26. The van der Waals surface area contributed by atoms with Crippen molar-refractivity contribution in [2.75, 3.05) is 40.9 Å². The lowest BCUT2D eigenvalue weighted by Crippen LogP contribution is -2.47. The van der Waals surface area contributed by atoms with E-state index in [1.807, 2.05) is 11.3 Å². The number of carbonyl (C=O) groups excluding carboxylic acids is 1. The highest BCUT2D eigenvalue weighted by Crippen LogP contribution is 2.54. The van der Waals surface area contributed by atoms with Crippen LogP contribution in [-0.2, 0) is 15.1 Å². The number of rotatable bonds is 5. The van der Waals surface area contributed by atoms with E-state index >= 15 is 0 Å². The van der Waals surface area contributed by atoms with Crippen LogP contribution in [-0.4, -0.2) is 56.6 Å². The lowest BCUT2D eigenvalue weighted by atomic mass is 9.66. The molecule has 3 fully saturated rings. The van der Waals surface area contributed by atoms with Crippen molar-refractivity contribution in [1.82, 2.24) is 9.80 Å². The number of amides is 1. The highest BCUT2D eigenvalue weighted by atomic mass is 32.1. The number of hydrogen-bond acceptors (Lipinski definition) is 4. The predicted molar refractivity (Wildman–Crippen MR) is 110 cm³/mol. The van der Waals surface area contributed by atoms with Crippen LogP contribution in [0.25, 0.3) is 0 Å². The molecule has 4 rings (SSSR count). The van der Waals surface area contributed by atoms with Gasteiger partial charge in [0.15, 0.2) is 0 Å². The summed E-state index contributed by atoms with van der Waals surface area (Å²) < 4.78 is 5.34. The van der Waals surface area contributed by atoms with Crippen LogP contribution in [0.15, 0.2) is 12.1 Å². The Balaban J connectivity index is 1.45. The number of nitrogens with zero attached hydrogens (tertiary/aromatic N) is 2. The fourth-order valence-corrected chi connectivity index (χ4v) is 6.69. The summed E-state index contributed by atoms with van der Waals surface area (Å²) in [5, 5.41) is 0. The van der Waals surface area contributed by atoms with Gasteiger partial charge >= 0.3 is 0 Å². The molecule has 0 aromatic carbocycles. The van der Waals surface area contributed by atoms with Gasteiger partial charge in [0.05, 0.1) is 17.6 Å². The minimum Gasteiger partial charge on any atom is -0.384 e. The maximum Gasteiger partial charge on any atom is 0.231 e. The fourth-order valence-electron chi connectivity index (χ4n) is 5.49. The second kappa shape index (κ2) is 6.85. The molecule has 1 aromatic rings. The molecule has 1 aliphatic heterocycles. The molecule has 2 heterocycles. The van der Waals surface area contributed by atoms with Crippen molar-refractivity contribution in [3.63, 3.8) is 0 Å². The Hall–Kier alpha value is -0.910. The van der Waals surface area contributed by atoms with Crippen LogP contribution in [0.5, 0.6) is 0 Å². The number of aryl methyl sites for hydroxylation is 1. The van der Waals surface area contributed by atoms with Crippen molar-refractivity contribution >= 4 is 17.2 Å². The van der Waals surface area contributed by atoms with Crippen LogP contribution in [0.1, 0.15) is 54.7 Å². The van der Waals surface area contributed by atoms with Crippen molar-refractivity contribution < 1.29 is 9.53 Å². The van der Waals surface area contributed by atoms with Crippen LogP contribution in [0.4, 0.5) is 0 Å². The van der Waals surface area contributed by atoms with Gasteiger partial charge in [-0.1, -0.05) is 0 Å². The molecule has 1 aromatic heterocycles. The Morgan fingerprint density at radius 2 is 1.85 bits per heavy atom. The Morgan fingerprint density at radius 3 is 2.37 bits per heavy atom. The topological polar surface area (TPSA) is 32.8 Å². The van der Waals surface area contributed by atoms with Crippen LogP contribution < -0.4 is 0 Å². The molecule has 4 nitrogen and oxygen atoms in total. The second-order valence-electron chi connectivity index (χ2n) is 9.53. The third-order valence-corrected chi connectivity index (χ3v) is 8.84. The van der Waals surface area contributed by atoms with Crippen molar-refractivity contribution in [2.45, 2.75) is 57.4 Å². The summed E-state index contributed by atoms with van der Waals surface area (Å²) in [6, 6.07) is 4.60. The van der Waals surface area contributed by atoms with Gasteiger partial charge in [-0.15, -0.1) is 11.3 Å². The summed E-state index contributed by atoms with van der Waals surface area (Å²) >= 11 is 1.95. The number of likely N-dealkylation sites (tertiary alicyclic amines) is 1. The average molecular weight is 391 g/mol. The molecule has 1 saturated heterocycles. The molecular weight excluding hydrogens is 356 g/mol. The Kier molecular flexibility index (Phi) is 4.93. The monoisotopic (exact) mass is 390 g/mol. The van der Waals surface area contributed by atoms with Gasteiger partial charge in [0.25, 0.3) is 0 Å². The first-order valence-electron chi connectivity index (χ1n) is 10.4. The van der Waals surface area contributed by atoms with E-state index in [0.717, 1.165) is 25.9 Å². The van der Waals surface area contributed by atoms with Crippen LogP contribution in [0.3, 0.4) is 0 Å². The second-order valence-corrected chi connectivity index (χ2v) is 10.8. The highest BCUT2D eigenvalue weighted by molar-refractivity contribution is 7.12. The van der Waals surface area contributed by atoms with Gasteiger partial charge in [-0.25, -0.2) is 0 Å². The van der Waals surface area contributed by atoms with Crippen molar-refractivity contribution in [3.05, 3.63) is 21.9 Å². The zero-order valence-corrected chi connectivity index (χ0v) is 18.2. The van der Waals surface area contributed by atoms with E-state index in [9.17, 15) is 4.79 Å². The molecule has 2 aliphatic carbocycles. The van der Waals surface area contributed by atoms with Crippen molar-refractivity contribution in [1.29, 1.82) is 0 Å².